The van der Waals surface area contributed by atoms with E-state index in [0.29, 0.717) is 5.82 Å². The fourth-order valence-electron chi connectivity index (χ4n) is 2.02. The molecule has 3 aromatic rings. The Kier molecular flexibility index (Phi) is 4.46. The van der Waals surface area contributed by atoms with E-state index in [2.05, 4.69) is 20.8 Å². The van der Waals surface area contributed by atoms with Crippen molar-refractivity contribution < 1.29 is 13.5 Å². The lowest BCUT2D eigenvalue weighted by Crippen LogP contribution is -2.00. The van der Waals surface area contributed by atoms with Crippen molar-refractivity contribution in [1.29, 1.82) is 0 Å². The molecule has 8 heteroatoms. The number of hydrogen-bond donors (Lipinski definition) is 1. The molecule has 0 fully saturated rings. The van der Waals surface area contributed by atoms with Crippen LogP contribution in [0, 0.1) is 11.6 Å². The molecule has 6 nitrogen and oxygen atoms in total. The van der Waals surface area contributed by atoms with Crippen LogP contribution in [0.1, 0.15) is 5.82 Å². The lowest BCUT2D eigenvalue weighted by atomic mass is 10.3. The maximum atomic E-state index is 13.5. The summed E-state index contributed by atoms with van der Waals surface area (Å²) in [5, 5.41) is 14.2. The van der Waals surface area contributed by atoms with Crippen molar-refractivity contribution in [2.75, 3.05) is 12.4 Å². The van der Waals surface area contributed by atoms with Crippen LogP contribution in [0.2, 0.25) is 0 Å². The van der Waals surface area contributed by atoms with Crippen LogP contribution in [-0.2, 0) is 0 Å². The molecule has 0 aliphatic carbocycles. The Morgan fingerprint density at radius 2 is 1.92 bits per heavy atom. The summed E-state index contributed by atoms with van der Waals surface area (Å²) in [5.41, 5.74) is 0.893. The van der Waals surface area contributed by atoms with Crippen LogP contribution in [0.25, 0.3) is 11.8 Å². The summed E-state index contributed by atoms with van der Waals surface area (Å²) in [6, 6.07) is 10.5. The molecule has 0 aliphatic heterocycles. The van der Waals surface area contributed by atoms with Gasteiger partial charge in [-0.1, -0.05) is 0 Å². The van der Waals surface area contributed by atoms with Gasteiger partial charge in [0.1, 0.15) is 17.4 Å². The number of benzene rings is 2. The summed E-state index contributed by atoms with van der Waals surface area (Å²) in [4.78, 5) is 0. The van der Waals surface area contributed by atoms with E-state index in [0.717, 1.165) is 17.5 Å². The Morgan fingerprint density at radius 1 is 1.12 bits per heavy atom. The second-order valence-electron chi connectivity index (χ2n) is 4.75. The number of anilines is 1. The lowest BCUT2D eigenvalue weighted by molar-refractivity contribution is 0.414. The van der Waals surface area contributed by atoms with Crippen molar-refractivity contribution in [1.82, 2.24) is 20.2 Å². The molecule has 0 unspecified atom stereocenters. The number of halogens is 2. The van der Waals surface area contributed by atoms with Gasteiger partial charge in [0.25, 0.3) is 0 Å². The van der Waals surface area contributed by atoms with E-state index in [4.69, 9.17) is 4.74 Å². The van der Waals surface area contributed by atoms with E-state index >= 15 is 0 Å². The number of methoxy groups -OCH3 is 1. The first-order valence-electron chi connectivity index (χ1n) is 6.98. The normalized spacial score (nSPS) is 11.0. The van der Waals surface area contributed by atoms with E-state index in [1.165, 1.54) is 23.0 Å². The fraction of sp³-hybridized carbons (Fsp3) is 0.0625. The molecule has 3 rings (SSSR count). The Balaban J connectivity index is 1.77. The topological polar surface area (TPSA) is 64.9 Å². The molecule has 0 aliphatic rings. The number of rotatable bonds is 5. The number of aromatic nitrogens is 4. The van der Waals surface area contributed by atoms with Gasteiger partial charge >= 0.3 is 0 Å². The van der Waals surface area contributed by atoms with Gasteiger partial charge in [0.15, 0.2) is 5.82 Å². The minimum Gasteiger partial charge on any atom is -0.497 e. The van der Waals surface area contributed by atoms with Gasteiger partial charge in [-0.05, 0) is 46.8 Å². The van der Waals surface area contributed by atoms with Crippen molar-refractivity contribution in [3.8, 4) is 11.4 Å². The number of ether oxygens (including phenoxy) is 1. The van der Waals surface area contributed by atoms with Gasteiger partial charge in [-0.2, -0.15) is 4.68 Å². The Hall–Kier alpha value is -3.29. The molecule has 0 amide bonds. The van der Waals surface area contributed by atoms with Crippen molar-refractivity contribution in [3.63, 3.8) is 0 Å². The zero-order valence-electron chi connectivity index (χ0n) is 12.6. The zero-order valence-corrected chi connectivity index (χ0v) is 12.6. The zero-order chi connectivity index (χ0) is 16.9. The molecule has 1 heterocycles. The van der Waals surface area contributed by atoms with Crippen LogP contribution in [0.3, 0.4) is 0 Å². The molecule has 2 aromatic carbocycles. The standard InChI is InChI=1S/C16H13F2N5O/c1-24-13-5-3-12(4-6-13)23-16(20-21-22-23)8-9-19-15-7-2-11(17)10-14(15)18/h2-10,19H,1H3. The highest BCUT2D eigenvalue weighted by Crippen LogP contribution is 2.17. The number of hydrogen-bond acceptors (Lipinski definition) is 5. The average molecular weight is 329 g/mol. The van der Waals surface area contributed by atoms with Gasteiger partial charge in [0, 0.05) is 18.3 Å². The molecule has 0 spiro atoms. The third-order valence-electron chi connectivity index (χ3n) is 3.21. The molecular formula is C16H13F2N5O. The maximum Gasteiger partial charge on any atom is 0.181 e. The SMILES string of the molecule is COc1ccc(-n2nnnc2C=CNc2ccc(F)cc2F)cc1. The van der Waals surface area contributed by atoms with Crippen molar-refractivity contribution in [2.45, 2.75) is 0 Å². The van der Waals surface area contributed by atoms with Gasteiger partial charge in [0.05, 0.1) is 18.5 Å². The summed E-state index contributed by atoms with van der Waals surface area (Å²) < 4.78 is 33.0. The van der Waals surface area contributed by atoms with Crippen molar-refractivity contribution in [3.05, 3.63) is 66.1 Å². The molecule has 0 radical (unpaired) electrons. The largest absolute Gasteiger partial charge is 0.497 e. The quantitative estimate of drug-likeness (QED) is 0.779. The Morgan fingerprint density at radius 3 is 2.62 bits per heavy atom. The highest BCUT2D eigenvalue weighted by atomic mass is 19.1. The van der Waals surface area contributed by atoms with E-state index in [9.17, 15) is 8.78 Å². The highest BCUT2D eigenvalue weighted by Gasteiger charge is 2.06. The van der Waals surface area contributed by atoms with Crippen LogP contribution >= 0.6 is 0 Å². The molecule has 0 bridgehead atoms. The van der Waals surface area contributed by atoms with Crippen LogP contribution in [0.15, 0.2) is 48.7 Å². The molecule has 122 valence electrons. The van der Waals surface area contributed by atoms with E-state index in [-0.39, 0.29) is 5.69 Å². The Bertz CT molecular complexity index is 861. The third-order valence-corrected chi connectivity index (χ3v) is 3.21. The molecule has 1 N–H and O–H groups in total. The maximum absolute atomic E-state index is 13.5. The van der Waals surface area contributed by atoms with Gasteiger partial charge in [-0.3, -0.25) is 0 Å². The minimum atomic E-state index is -0.686. The van der Waals surface area contributed by atoms with Crippen LogP contribution < -0.4 is 10.1 Å². The molecule has 0 atom stereocenters. The van der Waals surface area contributed by atoms with Crippen molar-refractivity contribution in [2.24, 2.45) is 0 Å². The second kappa shape index (κ2) is 6.86. The van der Waals surface area contributed by atoms with Crippen LogP contribution in [0.4, 0.5) is 14.5 Å². The second-order valence-corrected chi connectivity index (χ2v) is 4.75. The monoisotopic (exact) mass is 329 g/mol. The first kappa shape index (κ1) is 15.6. The Labute approximate surface area is 136 Å². The molecule has 24 heavy (non-hydrogen) atoms. The smallest absolute Gasteiger partial charge is 0.181 e. The predicted molar refractivity (Wildman–Crippen MR) is 84.7 cm³/mol. The van der Waals surface area contributed by atoms with E-state index in [1.807, 2.05) is 0 Å². The summed E-state index contributed by atoms with van der Waals surface area (Å²) in [6.45, 7) is 0. The minimum absolute atomic E-state index is 0.149. The summed E-state index contributed by atoms with van der Waals surface area (Å²) in [6.07, 6.45) is 3.05. The predicted octanol–water partition coefficient (Wildman–Crippen LogP) is 3.03. The average Bonchev–Trinajstić information content (AvgIpc) is 3.05. The number of nitrogens with zero attached hydrogens (tertiary/aromatic N) is 4. The van der Waals surface area contributed by atoms with Gasteiger partial charge in [-0.15, -0.1) is 5.10 Å². The summed E-state index contributed by atoms with van der Waals surface area (Å²) >= 11 is 0. The molecule has 1 aromatic heterocycles. The van der Waals surface area contributed by atoms with Gasteiger partial charge in [0.2, 0.25) is 0 Å². The summed E-state index contributed by atoms with van der Waals surface area (Å²) in [7, 11) is 1.58. The van der Waals surface area contributed by atoms with E-state index < -0.39 is 11.6 Å². The van der Waals surface area contributed by atoms with Gasteiger partial charge < -0.3 is 10.1 Å². The summed E-state index contributed by atoms with van der Waals surface area (Å²) in [5.74, 6) is -0.160. The van der Waals surface area contributed by atoms with Crippen LogP contribution in [-0.4, -0.2) is 27.3 Å². The van der Waals surface area contributed by atoms with Gasteiger partial charge in [-0.25, -0.2) is 8.78 Å². The number of nitrogens with one attached hydrogen (secondary N) is 1. The van der Waals surface area contributed by atoms with Crippen molar-refractivity contribution >= 4 is 11.8 Å². The fourth-order valence-corrected chi connectivity index (χ4v) is 2.02. The first-order chi connectivity index (χ1) is 11.7. The highest BCUT2D eigenvalue weighted by molar-refractivity contribution is 5.53. The molecule has 0 saturated carbocycles. The third kappa shape index (κ3) is 3.37. The lowest BCUT2D eigenvalue weighted by Gasteiger charge is -2.04. The van der Waals surface area contributed by atoms with E-state index in [1.54, 1.807) is 37.5 Å². The number of tetrazole rings is 1. The molecule has 0 saturated heterocycles. The molecular weight excluding hydrogens is 316 g/mol. The first-order valence-corrected chi connectivity index (χ1v) is 6.98. The van der Waals surface area contributed by atoms with Crippen LogP contribution in [0.5, 0.6) is 5.75 Å².